The Bertz CT molecular complexity index is 636. The van der Waals surface area contributed by atoms with Gasteiger partial charge in [-0.15, -0.1) is 10.2 Å². The number of halogens is 1. The molecule has 0 fully saturated rings. The molecule has 1 heterocycles. The van der Waals surface area contributed by atoms with Crippen molar-refractivity contribution in [3.63, 3.8) is 0 Å². The maximum atomic E-state index is 8.49. The first-order valence-electron chi connectivity index (χ1n) is 5.35. The molecule has 1 aromatic heterocycles. The third-order valence-corrected chi connectivity index (χ3v) is 2.56. The van der Waals surface area contributed by atoms with Crippen LogP contribution in [0.2, 0.25) is 0 Å². The van der Waals surface area contributed by atoms with Gasteiger partial charge in [0.05, 0.1) is 5.39 Å². The lowest BCUT2D eigenvalue weighted by Crippen LogP contribution is -2.68. The van der Waals surface area contributed by atoms with Gasteiger partial charge in [-0.1, -0.05) is 30.3 Å². The topological polar surface area (TPSA) is 106 Å². The number of aromatic amines is 1. The van der Waals surface area contributed by atoms with Gasteiger partial charge in [0.25, 0.3) is 0 Å². The molecule has 2 aromatic carbocycles. The van der Waals surface area contributed by atoms with Crippen LogP contribution in [0.25, 0.3) is 21.7 Å². The van der Waals surface area contributed by atoms with Crippen molar-refractivity contribution in [3.8, 4) is 0 Å². The van der Waals surface area contributed by atoms with Crippen molar-refractivity contribution in [3.05, 3.63) is 54.7 Å². The first-order valence-corrected chi connectivity index (χ1v) is 6.58. The molecule has 3 aromatic rings. The molecule has 0 radical (unpaired) electrons. The molecule has 0 aliphatic heterocycles. The van der Waals surface area contributed by atoms with E-state index in [1.54, 1.807) is 0 Å². The fourth-order valence-corrected chi connectivity index (χ4v) is 1.87. The minimum Gasteiger partial charge on any atom is -0.222 e. The van der Waals surface area contributed by atoms with Gasteiger partial charge in [-0.3, -0.25) is 0 Å². The Kier molecular flexibility index (Phi) is 3.94. The highest BCUT2D eigenvalue weighted by molar-refractivity contribution is 6.03. The standard InChI is InChI=1S/C13H9N.ClHO4/c1-2-6-11-10(5-1)9-14-13-8-4-3-7-12(11)13;2-1(3,4)5/h1-9H;(H,2,3,4,5). The molecule has 0 bridgehead atoms. The van der Waals surface area contributed by atoms with Gasteiger partial charge in [-0.05, 0) is 12.1 Å². The van der Waals surface area contributed by atoms with E-state index in [9.17, 15) is 0 Å². The Morgan fingerprint density at radius 1 is 0.737 bits per heavy atom. The minimum atomic E-state index is -4.94. The molecule has 6 heteroatoms. The number of para-hydroxylation sites is 1. The highest BCUT2D eigenvalue weighted by Crippen LogP contribution is 2.20. The molecule has 0 saturated carbocycles. The normalized spacial score (nSPS) is 11.2. The molecule has 0 saturated heterocycles. The van der Waals surface area contributed by atoms with Crippen molar-refractivity contribution < 1.29 is 33.9 Å². The van der Waals surface area contributed by atoms with Gasteiger partial charge < -0.3 is 0 Å². The maximum absolute atomic E-state index is 8.49. The van der Waals surface area contributed by atoms with E-state index in [0.29, 0.717) is 0 Å². The number of aromatic nitrogens is 1. The van der Waals surface area contributed by atoms with E-state index in [4.69, 9.17) is 18.6 Å². The van der Waals surface area contributed by atoms with E-state index in [1.807, 2.05) is 6.07 Å². The minimum absolute atomic E-state index is 1.19. The molecule has 0 unspecified atom stereocenters. The van der Waals surface area contributed by atoms with Gasteiger partial charge in [-0.2, -0.15) is 0 Å². The first-order chi connectivity index (χ1) is 8.95. The third kappa shape index (κ3) is 3.85. The average Bonchev–Trinajstić information content (AvgIpc) is 2.37. The molecule has 0 atom stereocenters. The number of rotatable bonds is 0. The number of hydrogen-bond donors (Lipinski definition) is 0. The molecule has 0 aliphatic rings. The van der Waals surface area contributed by atoms with Crippen LogP contribution in [0.4, 0.5) is 0 Å². The SMILES string of the molecule is [O-][Cl+3]([O-])([O-])[O-].c1ccc2c(c1)c[nH+]c1ccccc12. The largest absolute Gasteiger partial charge is 0.222 e. The van der Waals surface area contributed by atoms with Crippen LogP contribution in [0, 0.1) is 10.2 Å². The molecule has 0 aliphatic carbocycles. The number of fused-ring (bicyclic) bond motifs is 3. The lowest BCUT2D eigenvalue weighted by atomic mass is 10.1. The summed E-state index contributed by atoms with van der Waals surface area (Å²) in [5, 5.41) is 3.85. The first kappa shape index (κ1) is 13.7. The van der Waals surface area contributed by atoms with E-state index in [1.165, 1.54) is 21.7 Å². The van der Waals surface area contributed by atoms with Crippen LogP contribution >= 0.6 is 0 Å². The fourth-order valence-electron chi connectivity index (χ4n) is 1.87. The van der Waals surface area contributed by atoms with E-state index < -0.39 is 10.2 Å². The number of nitrogens with one attached hydrogen (secondary N) is 1. The van der Waals surface area contributed by atoms with E-state index in [0.717, 1.165) is 0 Å². The van der Waals surface area contributed by atoms with Crippen molar-refractivity contribution in [1.82, 2.24) is 0 Å². The van der Waals surface area contributed by atoms with E-state index >= 15 is 0 Å². The molecule has 98 valence electrons. The molecule has 0 spiro atoms. The smallest absolute Gasteiger partial charge is 0.211 e. The summed E-state index contributed by atoms with van der Waals surface area (Å²) in [6, 6.07) is 16.8. The number of benzene rings is 2. The Hall–Kier alpha value is -1.76. The summed E-state index contributed by atoms with van der Waals surface area (Å²) in [7, 11) is -4.94. The summed E-state index contributed by atoms with van der Waals surface area (Å²) in [6.07, 6.45) is 2.05. The van der Waals surface area contributed by atoms with Crippen LogP contribution in [0.5, 0.6) is 0 Å². The van der Waals surface area contributed by atoms with Crippen LogP contribution in [0.3, 0.4) is 0 Å². The summed E-state index contributed by atoms with van der Waals surface area (Å²) < 4.78 is 34.0. The van der Waals surface area contributed by atoms with Crippen molar-refractivity contribution in [2.45, 2.75) is 0 Å². The van der Waals surface area contributed by atoms with Gasteiger partial charge in [0, 0.05) is 16.8 Å². The van der Waals surface area contributed by atoms with Gasteiger partial charge in [0.2, 0.25) is 5.52 Å². The Labute approximate surface area is 111 Å². The van der Waals surface area contributed by atoms with Crippen molar-refractivity contribution in [1.29, 1.82) is 0 Å². The molecule has 5 nitrogen and oxygen atoms in total. The molecule has 3 rings (SSSR count). The second-order valence-electron chi connectivity index (χ2n) is 3.80. The lowest BCUT2D eigenvalue weighted by molar-refractivity contribution is -2.00. The highest BCUT2D eigenvalue weighted by atomic mass is 35.7. The van der Waals surface area contributed by atoms with Crippen LogP contribution < -0.4 is 23.6 Å². The second-order valence-corrected chi connectivity index (χ2v) is 4.56. The molecule has 0 amide bonds. The van der Waals surface area contributed by atoms with Crippen LogP contribution in [0.15, 0.2) is 54.7 Å². The number of hydrogen-bond acceptors (Lipinski definition) is 4. The molecule has 1 N–H and O–H groups in total. The number of H-pyrrole nitrogens is 1. The van der Waals surface area contributed by atoms with Crippen LogP contribution in [0.1, 0.15) is 0 Å². The van der Waals surface area contributed by atoms with Crippen LogP contribution in [-0.2, 0) is 0 Å². The van der Waals surface area contributed by atoms with Crippen molar-refractivity contribution in [2.75, 3.05) is 0 Å². The summed E-state index contributed by atoms with van der Waals surface area (Å²) in [6.45, 7) is 0. The predicted molar refractivity (Wildman–Crippen MR) is 58.0 cm³/mol. The highest BCUT2D eigenvalue weighted by Gasteiger charge is 2.03. The van der Waals surface area contributed by atoms with E-state index in [-0.39, 0.29) is 0 Å². The zero-order valence-electron chi connectivity index (χ0n) is 9.71. The zero-order chi connectivity index (χ0) is 13.9. The van der Waals surface area contributed by atoms with Crippen molar-refractivity contribution in [2.24, 2.45) is 0 Å². The average molecular weight is 280 g/mol. The summed E-state index contributed by atoms with van der Waals surface area (Å²) in [5.74, 6) is 0. The summed E-state index contributed by atoms with van der Waals surface area (Å²) >= 11 is 0. The van der Waals surface area contributed by atoms with E-state index in [2.05, 4.69) is 53.6 Å². The van der Waals surface area contributed by atoms with Gasteiger partial charge >= 0.3 is 0 Å². The molecular weight excluding hydrogens is 270 g/mol. The van der Waals surface area contributed by atoms with Gasteiger partial charge in [0.15, 0.2) is 6.20 Å². The van der Waals surface area contributed by atoms with Crippen LogP contribution in [-0.4, -0.2) is 0 Å². The monoisotopic (exact) mass is 279 g/mol. The predicted octanol–water partition coefficient (Wildman–Crippen LogP) is -1.95. The zero-order valence-corrected chi connectivity index (χ0v) is 10.5. The Morgan fingerprint density at radius 2 is 1.26 bits per heavy atom. The number of pyridine rings is 1. The fraction of sp³-hybridized carbons (Fsp3) is 0. The third-order valence-electron chi connectivity index (χ3n) is 2.56. The Balaban J connectivity index is 0.000000232. The quantitative estimate of drug-likeness (QED) is 0.446. The summed E-state index contributed by atoms with van der Waals surface area (Å²) in [5.41, 5.74) is 1.19. The summed E-state index contributed by atoms with van der Waals surface area (Å²) in [4.78, 5) is 3.29. The van der Waals surface area contributed by atoms with Gasteiger partial charge in [0.1, 0.15) is 0 Å². The maximum Gasteiger partial charge on any atom is 0.211 e. The second kappa shape index (κ2) is 5.48. The van der Waals surface area contributed by atoms with Gasteiger partial charge in [-0.25, -0.2) is 23.6 Å². The van der Waals surface area contributed by atoms with Crippen molar-refractivity contribution >= 4 is 21.7 Å². The Morgan fingerprint density at radius 3 is 1.95 bits per heavy atom. The molecule has 19 heavy (non-hydrogen) atoms. The molecular formula is C13H10ClNO4. The lowest BCUT2D eigenvalue weighted by Gasteiger charge is -2.17.